The van der Waals surface area contributed by atoms with Crippen molar-refractivity contribution in [2.45, 2.75) is 65.8 Å². The molecule has 1 fully saturated rings. The van der Waals surface area contributed by atoms with Crippen molar-refractivity contribution in [2.24, 2.45) is 5.92 Å². The summed E-state index contributed by atoms with van der Waals surface area (Å²) in [5.41, 5.74) is 3.70. The van der Waals surface area contributed by atoms with Crippen LogP contribution in [0, 0.1) is 26.7 Å². The molecule has 3 rings (SSSR count). The van der Waals surface area contributed by atoms with Gasteiger partial charge in [0.05, 0.1) is 12.1 Å². The zero-order chi connectivity index (χ0) is 23.4. The van der Waals surface area contributed by atoms with Gasteiger partial charge in [-0.2, -0.15) is 0 Å². The number of hydrogen-bond donors (Lipinski definition) is 2. The Kier molecular flexibility index (Phi) is 8.22. The van der Waals surface area contributed by atoms with Gasteiger partial charge in [-0.15, -0.1) is 11.3 Å². The van der Waals surface area contributed by atoms with Crippen molar-refractivity contribution in [3.05, 3.63) is 54.6 Å². The minimum Gasteiger partial charge on any atom is -0.348 e. The Labute approximate surface area is 192 Å². The van der Waals surface area contributed by atoms with Crippen molar-refractivity contribution in [1.82, 2.24) is 15.2 Å². The van der Waals surface area contributed by atoms with Crippen molar-refractivity contribution >= 4 is 17.2 Å². The molecule has 0 unspecified atom stereocenters. The van der Waals surface area contributed by atoms with Crippen LogP contribution < -0.4 is 10.9 Å². The zero-order valence-corrected chi connectivity index (χ0v) is 20.1. The molecule has 5 nitrogen and oxygen atoms in total. The minimum absolute atomic E-state index is 0.144. The molecule has 2 N–H and O–H groups in total. The van der Waals surface area contributed by atoms with Crippen LogP contribution in [0.4, 0.5) is 8.78 Å². The number of likely N-dealkylation sites (tertiary alicyclic amines) is 1. The SMILES string of the molecule is CC[C@@H](c1scc(C(=O)NCc2c(C)cc(C)[nH]c2=O)c1C)C1CCN(CC(F)F)CC1. The van der Waals surface area contributed by atoms with Crippen molar-refractivity contribution in [2.75, 3.05) is 19.6 Å². The molecule has 1 aliphatic heterocycles. The second kappa shape index (κ2) is 10.7. The van der Waals surface area contributed by atoms with Crippen molar-refractivity contribution < 1.29 is 13.6 Å². The number of piperidine rings is 1. The van der Waals surface area contributed by atoms with Crippen molar-refractivity contribution in [3.8, 4) is 0 Å². The molecule has 0 saturated carbocycles. The number of carbonyl (C=O) groups is 1. The fourth-order valence-corrected chi connectivity index (χ4v) is 6.20. The number of aromatic amines is 1. The molecular weight excluding hydrogens is 432 g/mol. The van der Waals surface area contributed by atoms with E-state index in [-0.39, 0.29) is 24.6 Å². The summed E-state index contributed by atoms with van der Waals surface area (Å²) in [7, 11) is 0. The van der Waals surface area contributed by atoms with E-state index in [0.717, 1.165) is 36.1 Å². The van der Waals surface area contributed by atoms with E-state index in [1.54, 1.807) is 11.3 Å². The van der Waals surface area contributed by atoms with Crippen LogP contribution in [-0.2, 0) is 6.54 Å². The molecule has 8 heteroatoms. The topological polar surface area (TPSA) is 65.2 Å². The summed E-state index contributed by atoms with van der Waals surface area (Å²) in [6, 6.07) is 1.90. The summed E-state index contributed by atoms with van der Waals surface area (Å²) < 4.78 is 25.3. The maximum absolute atomic E-state index is 12.9. The Bertz CT molecular complexity index is 994. The first-order valence-corrected chi connectivity index (χ1v) is 12.1. The van der Waals surface area contributed by atoms with Crippen LogP contribution in [-0.4, -0.2) is 41.9 Å². The van der Waals surface area contributed by atoms with E-state index in [1.165, 1.54) is 4.88 Å². The highest BCUT2D eigenvalue weighted by atomic mass is 32.1. The van der Waals surface area contributed by atoms with Crippen molar-refractivity contribution in [1.29, 1.82) is 0 Å². The molecule has 1 aliphatic rings. The van der Waals surface area contributed by atoms with Crippen LogP contribution in [0.5, 0.6) is 0 Å². The molecule has 2 aromatic rings. The molecule has 0 aliphatic carbocycles. The number of nitrogens with zero attached hydrogens (tertiary/aromatic N) is 1. The summed E-state index contributed by atoms with van der Waals surface area (Å²) in [5.74, 6) is 0.597. The number of pyridine rings is 1. The standard InChI is InChI=1S/C24H33F2N3O2S/c1-5-18(17-6-8-29(9-7-17)12-21(25)26)22-16(4)20(13-32-22)23(30)27-11-19-14(2)10-15(3)28-24(19)31/h10,13,17-18,21H,5-9,11-12H2,1-4H3,(H,27,30)(H,28,31)/t18-/m1/s1. The lowest BCUT2D eigenvalue weighted by molar-refractivity contribution is 0.0656. The third-order valence-corrected chi connectivity index (χ3v) is 7.83. The smallest absolute Gasteiger partial charge is 0.253 e. The molecule has 0 bridgehead atoms. The number of H-pyrrole nitrogens is 1. The number of halogens is 2. The predicted octanol–water partition coefficient (Wildman–Crippen LogP) is 4.76. The van der Waals surface area contributed by atoms with Crippen LogP contribution in [0.3, 0.4) is 0 Å². The maximum atomic E-state index is 12.9. The molecular formula is C24H33F2N3O2S. The van der Waals surface area contributed by atoms with Gasteiger partial charge in [0.25, 0.3) is 17.9 Å². The van der Waals surface area contributed by atoms with E-state index in [0.29, 0.717) is 36.1 Å². The molecule has 3 heterocycles. The molecule has 2 aromatic heterocycles. The van der Waals surface area contributed by atoms with Gasteiger partial charge in [-0.25, -0.2) is 8.78 Å². The Hall–Kier alpha value is -2.06. The Morgan fingerprint density at radius 2 is 1.97 bits per heavy atom. The minimum atomic E-state index is -2.28. The summed E-state index contributed by atoms with van der Waals surface area (Å²) in [5, 5.41) is 4.80. The molecule has 176 valence electrons. The number of rotatable bonds is 8. The highest BCUT2D eigenvalue weighted by molar-refractivity contribution is 7.10. The van der Waals surface area contributed by atoms with E-state index in [9.17, 15) is 18.4 Å². The third-order valence-electron chi connectivity index (χ3n) is 6.62. The number of alkyl halides is 2. The van der Waals surface area contributed by atoms with Gasteiger partial charge in [-0.05, 0) is 82.2 Å². The van der Waals surface area contributed by atoms with E-state index >= 15 is 0 Å². The third kappa shape index (κ3) is 5.64. The summed E-state index contributed by atoms with van der Waals surface area (Å²) in [6.45, 7) is 9.29. The van der Waals surface area contributed by atoms with Gasteiger partial charge in [0.15, 0.2) is 0 Å². The average molecular weight is 466 g/mol. The molecule has 1 saturated heterocycles. The molecule has 0 spiro atoms. The largest absolute Gasteiger partial charge is 0.348 e. The first kappa shape index (κ1) is 24.6. The average Bonchev–Trinajstić information content (AvgIpc) is 3.10. The van der Waals surface area contributed by atoms with E-state index in [4.69, 9.17) is 0 Å². The summed E-state index contributed by atoms with van der Waals surface area (Å²) in [6.07, 6.45) is 0.479. The lowest BCUT2D eigenvalue weighted by Crippen LogP contribution is -2.38. The zero-order valence-electron chi connectivity index (χ0n) is 19.3. The van der Waals surface area contributed by atoms with Crippen molar-refractivity contribution in [3.63, 3.8) is 0 Å². The molecule has 0 aromatic carbocycles. The number of aryl methyl sites for hydroxylation is 2. The van der Waals surface area contributed by atoms with Gasteiger partial charge >= 0.3 is 0 Å². The van der Waals surface area contributed by atoms with E-state index in [2.05, 4.69) is 17.2 Å². The second-order valence-electron chi connectivity index (χ2n) is 8.81. The lowest BCUT2D eigenvalue weighted by atomic mass is 9.80. The number of thiophene rings is 1. The van der Waals surface area contributed by atoms with Gasteiger partial charge in [0, 0.05) is 28.1 Å². The normalized spacial score (nSPS) is 16.5. The Balaban J connectivity index is 1.67. The number of amides is 1. The number of hydrogen-bond acceptors (Lipinski definition) is 4. The first-order chi connectivity index (χ1) is 15.2. The van der Waals surface area contributed by atoms with E-state index < -0.39 is 6.43 Å². The van der Waals surface area contributed by atoms with Gasteiger partial charge in [-0.1, -0.05) is 6.92 Å². The molecule has 1 atom stereocenters. The lowest BCUT2D eigenvalue weighted by Gasteiger charge is -2.35. The van der Waals surface area contributed by atoms with Crippen LogP contribution in [0.25, 0.3) is 0 Å². The highest BCUT2D eigenvalue weighted by Crippen LogP contribution is 2.40. The van der Waals surface area contributed by atoms with Crippen LogP contribution in [0.2, 0.25) is 0 Å². The molecule has 0 radical (unpaired) electrons. The summed E-state index contributed by atoms with van der Waals surface area (Å²) >= 11 is 1.61. The van der Waals surface area contributed by atoms with Gasteiger partial charge in [0.1, 0.15) is 0 Å². The first-order valence-electron chi connectivity index (χ1n) is 11.3. The monoisotopic (exact) mass is 465 g/mol. The predicted molar refractivity (Wildman–Crippen MR) is 125 cm³/mol. The fourth-order valence-electron chi connectivity index (χ4n) is 4.85. The summed E-state index contributed by atoms with van der Waals surface area (Å²) in [4.78, 5) is 30.9. The van der Waals surface area contributed by atoms with Crippen LogP contribution in [0.15, 0.2) is 16.2 Å². The Morgan fingerprint density at radius 1 is 1.28 bits per heavy atom. The van der Waals surface area contributed by atoms with Crippen LogP contribution in [0.1, 0.15) is 69.7 Å². The molecule has 32 heavy (non-hydrogen) atoms. The number of aromatic nitrogens is 1. The van der Waals surface area contributed by atoms with Gasteiger partial charge in [-0.3, -0.25) is 14.5 Å². The highest BCUT2D eigenvalue weighted by Gasteiger charge is 2.30. The van der Waals surface area contributed by atoms with E-state index in [1.807, 2.05) is 37.1 Å². The fraction of sp³-hybridized carbons (Fsp3) is 0.583. The van der Waals surface area contributed by atoms with Crippen LogP contribution >= 0.6 is 11.3 Å². The second-order valence-corrected chi connectivity index (χ2v) is 9.72. The molecule has 1 amide bonds. The maximum Gasteiger partial charge on any atom is 0.253 e. The number of nitrogens with one attached hydrogen (secondary N) is 2. The quantitative estimate of drug-likeness (QED) is 0.591. The Morgan fingerprint density at radius 3 is 2.56 bits per heavy atom. The van der Waals surface area contributed by atoms with Gasteiger partial charge < -0.3 is 10.3 Å². The van der Waals surface area contributed by atoms with Gasteiger partial charge in [0.2, 0.25) is 0 Å². The number of carbonyl (C=O) groups excluding carboxylic acids is 1.